The van der Waals surface area contributed by atoms with Crippen LogP contribution in [-0.4, -0.2) is 11.0 Å². The summed E-state index contributed by atoms with van der Waals surface area (Å²) in [7, 11) is 0. The minimum Gasteiger partial charge on any atom is -0.326 e. The Hall–Kier alpha value is -0.840. The topological polar surface area (TPSA) is 38.9 Å². The predicted molar refractivity (Wildman–Crippen MR) is 90.0 cm³/mol. The highest BCUT2D eigenvalue weighted by molar-refractivity contribution is 9.10. The number of benzene rings is 1. The van der Waals surface area contributed by atoms with Crippen LogP contribution in [0.25, 0.3) is 0 Å². The van der Waals surface area contributed by atoms with Crippen molar-refractivity contribution in [2.45, 2.75) is 36.6 Å². The molecule has 2 nitrogen and oxygen atoms in total. The number of hydrogen-bond acceptors (Lipinski definition) is 3. The zero-order valence-electron chi connectivity index (χ0n) is 11.7. The Kier molecular flexibility index (Phi) is 5.64. The van der Waals surface area contributed by atoms with Gasteiger partial charge in [0.15, 0.2) is 0 Å². The third-order valence-corrected chi connectivity index (χ3v) is 5.11. The number of nitrogens with two attached hydrogens (primary N) is 1. The van der Waals surface area contributed by atoms with Gasteiger partial charge in [0.25, 0.3) is 0 Å². The second-order valence-corrected chi connectivity index (χ2v) is 6.86. The van der Waals surface area contributed by atoms with Crippen LogP contribution >= 0.6 is 27.7 Å². The maximum atomic E-state index is 6.34. The van der Waals surface area contributed by atoms with Gasteiger partial charge in [-0.3, -0.25) is 0 Å². The van der Waals surface area contributed by atoms with Gasteiger partial charge in [0.1, 0.15) is 0 Å². The molecule has 2 unspecified atom stereocenters. The molecule has 2 rings (SSSR count). The van der Waals surface area contributed by atoms with E-state index in [1.165, 1.54) is 11.1 Å². The van der Waals surface area contributed by atoms with Gasteiger partial charge in [0, 0.05) is 16.7 Å². The third kappa shape index (κ3) is 3.84. The van der Waals surface area contributed by atoms with Crippen LogP contribution in [0.3, 0.4) is 0 Å². The second-order valence-electron chi connectivity index (χ2n) is 4.78. The number of nitrogens with zero attached hydrogens (tertiary/aromatic N) is 1. The normalized spacial score (nSPS) is 14.0. The predicted octanol–water partition coefficient (Wildman–Crippen LogP) is 4.72. The third-order valence-electron chi connectivity index (χ3n) is 3.30. The molecule has 0 saturated heterocycles. The van der Waals surface area contributed by atoms with Crippen LogP contribution in [0.2, 0.25) is 0 Å². The van der Waals surface area contributed by atoms with Crippen molar-refractivity contribution in [3.05, 3.63) is 58.2 Å². The van der Waals surface area contributed by atoms with E-state index in [9.17, 15) is 0 Å². The van der Waals surface area contributed by atoms with Crippen molar-refractivity contribution < 1.29 is 0 Å². The maximum absolute atomic E-state index is 6.34. The Labute approximate surface area is 133 Å². The summed E-state index contributed by atoms with van der Waals surface area (Å²) in [5.74, 6) is 0. The molecular weight excluding hydrogens is 332 g/mol. The number of rotatable bonds is 5. The molecule has 0 aliphatic rings. The Balaban J connectivity index is 2.29. The van der Waals surface area contributed by atoms with E-state index in [-0.39, 0.29) is 11.3 Å². The number of pyridine rings is 1. The van der Waals surface area contributed by atoms with Gasteiger partial charge >= 0.3 is 0 Å². The van der Waals surface area contributed by atoms with Gasteiger partial charge in [-0.05, 0) is 52.5 Å². The average Bonchev–Trinajstić information content (AvgIpc) is 2.47. The number of aromatic nitrogens is 1. The van der Waals surface area contributed by atoms with Crippen molar-refractivity contribution in [3.63, 3.8) is 0 Å². The SMILES string of the molecule is CCC(N)C(Sc1ccc(Br)cn1)c1ccccc1C. The van der Waals surface area contributed by atoms with Crippen molar-refractivity contribution in [2.24, 2.45) is 5.73 Å². The molecule has 0 radical (unpaired) electrons. The van der Waals surface area contributed by atoms with E-state index in [4.69, 9.17) is 5.73 Å². The molecule has 0 aliphatic carbocycles. The molecule has 0 saturated carbocycles. The second kappa shape index (κ2) is 7.25. The number of thioether (sulfide) groups is 1. The van der Waals surface area contributed by atoms with Gasteiger partial charge in [0.2, 0.25) is 0 Å². The fourth-order valence-electron chi connectivity index (χ4n) is 2.06. The van der Waals surface area contributed by atoms with E-state index in [1.807, 2.05) is 18.3 Å². The first-order valence-corrected chi connectivity index (χ1v) is 8.38. The zero-order valence-corrected chi connectivity index (χ0v) is 14.1. The van der Waals surface area contributed by atoms with E-state index < -0.39 is 0 Å². The lowest BCUT2D eigenvalue weighted by Crippen LogP contribution is -2.26. The molecule has 4 heteroatoms. The lowest BCUT2D eigenvalue weighted by Gasteiger charge is -2.24. The Morgan fingerprint density at radius 1 is 1.25 bits per heavy atom. The summed E-state index contributed by atoms with van der Waals surface area (Å²) in [4.78, 5) is 4.45. The van der Waals surface area contributed by atoms with Crippen LogP contribution in [0.5, 0.6) is 0 Å². The largest absolute Gasteiger partial charge is 0.326 e. The molecule has 2 N–H and O–H groups in total. The standard InChI is InChI=1S/C16H19BrN2S/c1-3-14(18)16(13-7-5-4-6-11(13)2)20-15-9-8-12(17)10-19-15/h4-10,14,16H,3,18H2,1-2H3. The first-order chi connectivity index (χ1) is 9.61. The van der Waals surface area contributed by atoms with Crippen LogP contribution in [-0.2, 0) is 0 Å². The van der Waals surface area contributed by atoms with Gasteiger partial charge < -0.3 is 5.73 Å². The summed E-state index contributed by atoms with van der Waals surface area (Å²) < 4.78 is 0.995. The Morgan fingerprint density at radius 2 is 2.00 bits per heavy atom. The average molecular weight is 351 g/mol. The molecule has 0 fully saturated rings. The molecular formula is C16H19BrN2S. The first kappa shape index (κ1) is 15.5. The van der Waals surface area contributed by atoms with E-state index in [0.717, 1.165) is 15.9 Å². The molecule has 0 bridgehead atoms. The molecule has 0 aliphatic heterocycles. The lowest BCUT2D eigenvalue weighted by atomic mass is 10.00. The fraction of sp³-hybridized carbons (Fsp3) is 0.312. The highest BCUT2D eigenvalue weighted by Gasteiger charge is 2.21. The van der Waals surface area contributed by atoms with E-state index in [0.29, 0.717) is 0 Å². The first-order valence-electron chi connectivity index (χ1n) is 6.71. The molecule has 106 valence electrons. The smallest absolute Gasteiger partial charge is 0.0967 e. The molecule has 0 amide bonds. The van der Waals surface area contributed by atoms with Crippen molar-refractivity contribution in [1.82, 2.24) is 4.98 Å². The number of halogens is 1. The Bertz CT molecular complexity index is 557. The summed E-state index contributed by atoms with van der Waals surface area (Å²) in [5.41, 5.74) is 8.92. The van der Waals surface area contributed by atoms with E-state index >= 15 is 0 Å². The van der Waals surface area contributed by atoms with Crippen molar-refractivity contribution in [1.29, 1.82) is 0 Å². The van der Waals surface area contributed by atoms with Gasteiger partial charge in [-0.2, -0.15) is 0 Å². The van der Waals surface area contributed by atoms with Crippen molar-refractivity contribution in [3.8, 4) is 0 Å². The summed E-state index contributed by atoms with van der Waals surface area (Å²) in [6, 6.07) is 12.6. The molecule has 1 heterocycles. The molecule has 0 spiro atoms. The molecule has 20 heavy (non-hydrogen) atoms. The van der Waals surface area contributed by atoms with Crippen molar-refractivity contribution >= 4 is 27.7 Å². The van der Waals surface area contributed by atoms with Crippen LogP contribution in [0.15, 0.2) is 52.1 Å². The van der Waals surface area contributed by atoms with Crippen molar-refractivity contribution in [2.75, 3.05) is 0 Å². The zero-order chi connectivity index (χ0) is 14.5. The quantitative estimate of drug-likeness (QED) is 0.792. The summed E-state index contributed by atoms with van der Waals surface area (Å²) >= 11 is 5.15. The van der Waals surface area contributed by atoms with Gasteiger partial charge in [-0.15, -0.1) is 0 Å². The molecule has 2 aromatic rings. The monoisotopic (exact) mass is 350 g/mol. The van der Waals surface area contributed by atoms with E-state index in [1.54, 1.807) is 11.8 Å². The molecule has 1 aromatic heterocycles. The minimum atomic E-state index is 0.117. The van der Waals surface area contributed by atoms with Crippen LogP contribution < -0.4 is 5.73 Å². The maximum Gasteiger partial charge on any atom is 0.0967 e. The Morgan fingerprint density at radius 3 is 2.60 bits per heavy atom. The molecule has 1 aromatic carbocycles. The summed E-state index contributed by atoms with van der Waals surface area (Å²) in [6.07, 6.45) is 2.78. The summed E-state index contributed by atoms with van der Waals surface area (Å²) in [5, 5.41) is 1.24. The van der Waals surface area contributed by atoms with Gasteiger partial charge in [-0.25, -0.2) is 4.98 Å². The van der Waals surface area contributed by atoms with Crippen LogP contribution in [0.4, 0.5) is 0 Å². The minimum absolute atomic E-state index is 0.117. The highest BCUT2D eigenvalue weighted by Crippen LogP contribution is 2.38. The van der Waals surface area contributed by atoms with Crippen LogP contribution in [0.1, 0.15) is 29.7 Å². The van der Waals surface area contributed by atoms with Gasteiger partial charge in [-0.1, -0.05) is 43.0 Å². The number of hydrogen-bond donors (Lipinski definition) is 1. The van der Waals surface area contributed by atoms with Gasteiger partial charge in [0.05, 0.1) is 10.3 Å². The number of aryl methyl sites for hydroxylation is 1. The summed E-state index contributed by atoms with van der Waals surface area (Å²) in [6.45, 7) is 4.27. The fourth-order valence-corrected chi connectivity index (χ4v) is 3.58. The van der Waals surface area contributed by atoms with E-state index in [2.05, 4.69) is 59.0 Å². The molecule has 2 atom stereocenters. The van der Waals surface area contributed by atoms with Crippen LogP contribution in [0, 0.1) is 6.92 Å². The lowest BCUT2D eigenvalue weighted by molar-refractivity contribution is 0.631. The highest BCUT2D eigenvalue weighted by atomic mass is 79.9.